The van der Waals surface area contributed by atoms with Crippen LogP contribution in [0.25, 0.3) is 10.6 Å². The molecule has 1 aliphatic rings. The van der Waals surface area contributed by atoms with E-state index in [9.17, 15) is 9.59 Å². The Morgan fingerprint density at radius 3 is 2.71 bits per heavy atom. The lowest BCUT2D eigenvalue weighted by Gasteiger charge is -2.31. The Kier molecular flexibility index (Phi) is 6.88. The van der Waals surface area contributed by atoms with Crippen molar-refractivity contribution in [2.24, 2.45) is 5.92 Å². The fourth-order valence-corrected chi connectivity index (χ4v) is 4.84. The second kappa shape index (κ2) is 9.97. The highest BCUT2D eigenvalue weighted by Gasteiger charge is 2.26. The molecule has 162 valence electrons. The van der Waals surface area contributed by atoms with Crippen LogP contribution in [0.4, 0.5) is 10.9 Å². The quantitative estimate of drug-likeness (QED) is 0.541. The lowest BCUT2D eigenvalue weighted by Crippen LogP contribution is -2.38. The zero-order valence-corrected chi connectivity index (χ0v) is 18.7. The largest absolute Gasteiger partial charge is 0.466 e. The summed E-state index contributed by atoms with van der Waals surface area (Å²) in [6.07, 6.45) is 1.59. The van der Waals surface area contributed by atoms with Crippen molar-refractivity contribution < 1.29 is 14.3 Å². The molecule has 0 atom stereocenters. The second-order valence-electron chi connectivity index (χ2n) is 7.13. The van der Waals surface area contributed by atoms with Crippen LogP contribution in [0.5, 0.6) is 0 Å². The lowest BCUT2D eigenvalue weighted by atomic mass is 9.96. The highest BCUT2D eigenvalue weighted by atomic mass is 32.1. The highest BCUT2D eigenvalue weighted by Crippen LogP contribution is 2.26. The van der Waals surface area contributed by atoms with Crippen LogP contribution in [-0.4, -0.2) is 46.8 Å². The van der Waals surface area contributed by atoms with E-state index in [2.05, 4.69) is 25.4 Å². The van der Waals surface area contributed by atoms with Gasteiger partial charge >= 0.3 is 5.97 Å². The van der Waals surface area contributed by atoms with Crippen LogP contribution in [-0.2, 0) is 20.7 Å². The summed E-state index contributed by atoms with van der Waals surface area (Å²) in [6.45, 7) is 3.60. The van der Waals surface area contributed by atoms with Crippen LogP contribution in [0.3, 0.4) is 0 Å². The van der Waals surface area contributed by atoms with Crippen LogP contribution in [0.1, 0.15) is 25.5 Å². The minimum absolute atomic E-state index is 0.0317. The predicted octanol–water partition coefficient (Wildman–Crippen LogP) is 3.62. The second-order valence-corrected chi connectivity index (χ2v) is 8.94. The van der Waals surface area contributed by atoms with Crippen molar-refractivity contribution in [3.63, 3.8) is 0 Å². The van der Waals surface area contributed by atoms with E-state index in [-0.39, 0.29) is 24.2 Å². The Hall–Kier alpha value is -2.85. The first-order valence-electron chi connectivity index (χ1n) is 10.2. The normalized spacial score (nSPS) is 14.4. The molecule has 4 rings (SSSR count). The molecule has 8 nitrogen and oxygen atoms in total. The third-order valence-electron chi connectivity index (χ3n) is 5.03. The molecular weight excluding hydrogens is 434 g/mol. The van der Waals surface area contributed by atoms with Crippen molar-refractivity contribution in [1.82, 2.24) is 15.2 Å². The number of thiophene rings is 1. The first-order valence-corrected chi connectivity index (χ1v) is 11.9. The molecule has 0 aliphatic carbocycles. The number of anilines is 2. The Morgan fingerprint density at radius 1 is 1.19 bits per heavy atom. The van der Waals surface area contributed by atoms with E-state index < -0.39 is 0 Å². The van der Waals surface area contributed by atoms with Crippen LogP contribution >= 0.6 is 22.7 Å². The van der Waals surface area contributed by atoms with Gasteiger partial charge in [0.2, 0.25) is 5.91 Å². The predicted molar refractivity (Wildman–Crippen MR) is 121 cm³/mol. The van der Waals surface area contributed by atoms with Gasteiger partial charge in [0.25, 0.3) is 0 Å². The maximum absolute atomic E-state index is 12.6. The summed E-state index contributed by atoms with van der Waals surface area (Å²) in [7, 11) is 0. The van der Waals surface area contributed by atoms with Crippen molar-refractivity contribution >= 4 is 45.5 Å². The monoisotopic (exact) mass is 457 g/mol. The standard InChI is InChI=1S/C21H23N5O3S2/c1-2-29-19(27)12-15-13-31-21(22-15)23-20(28)14-7-9-26(10-8-14)18-6-5-16(24-25-18)17-4-3-11-30-17/h3-6,11,13-14H,2,7-10,12H2,1H3,(H,22,23,28). The van der Waals surface area contributed by atoms with E-state index in [1.54, 1.807) is 23.6 Å². The van der Waals surface area contributed by atoms with Gasteiger partial charge in [-0.3, -0.25) is 9.59 Å². The molecule has 3 aromatic heterocycles. The number of hydrogen-bond donors (Lipinski definition) is 1. The molecule has 1 amide bonds. The van der Waals surface area contributed by atoms with Crippen molar-refractivity contribution in [2.45, 2.75) is 26.2 Å². The van der Waals surface area contributed by atoms with Crippen LogP contribution in [0, 0.1) is 5.92 Å². The summed E-state index contributed by atoms with van der Waals surface area (Å²) in [5.41, 5.74) is 1.48. The lowest BCUT2D eigenvalue weighted by molar-refractivity contribution is -0.142. The van der Waals surface area contributed by atoms with Crippen molar-refractivity contribution in [3.8, 4) is 10.6 Å². The van der Waals surface area contributed by atoms with E-state index in [0.717, 1.165) is 42.3 Å². The van der Waals surface area contributed by atoms with Crippen LogP contribution in [0.15, 0.2) is 35.0 Å². The summed E-state index contributed by atoms with van der Waals surface area (Å²) >= 11 is 2.96. The number of carbonyl (C=O) groups is 2. The highest BCUT2D eigenvalue weighted by molar-refractivity contribution is 7.14. The summed E-state index contributed by atoms with van der Waals surface area (Å²) in [6, 6.07) is 8.01. The molecule has 1 fully saturated rings. The number of nitrogens with one attached hydrogen (secondary N) is 1. The molecule has 10 heteroatoms. The molecule has 1 aliphatic heterocycles. The third kappa shape index (κ3) is 5.45. The number of hydrogen-bond acceptors (Lipinski definition) is 9. The van der Waals surface area contributed by atoms with E-state index in [4.69, 9.17) is 4.74 Å². The average molecular weight is 458 g/mol. The van der Waals surface area contributed by atoms with Gasteiger partial charge in [0, 0.05) is 24.4 Å². The zero-order chi connectivity index (χ0) is 21.6. The van der Waals surface area contributed by atoms with Gasteiger partial charge in [0.1, 0.15) is 5.69 Å². The third-order valence-corrected chi connectivity index (χ3v) is 6.73. The van der Waals surface area contributed by atoms with Gasteiger partial charge in [0.05, 0.1) is 23.6 Å². The number of amides is 1. The van der Waals surface area contributed by atoms with Crippen molar-refractivity contribution in [1.29, 1.82) is 0 Å². The number of thiazole rings is 1. The summed E-state index contributed by atoms with van der Waals surface area (Å²) in [4.78, 5) is 31.8. The Labute approximate surface area is 188 Å². The maximum Gasteiger partial charge on any atom is 0.311 e. The first kappa shape index (κ1) is 21.4. The van der Waals surface area contributed by atoms with Gasteiger partial charge in [-0.1, -0.05) is 6.07 Å². The molecule has 1 N–H and O–H groups in total. The molecule has 0 unspecified atom stereocenters. The topological polar surface area (TPSA) is 97.3 Å². The molecule has 0 saturated carbocycles. The maximum atomic E-state index is 12.6. The van der Waals surface area contributed by atoms with Crippen molar-refractivity contribution in [2.75, 3.05) is 29.9 Å². The minimum atomic E-state index is -0.315. The number of piperidine rings is 1. The number of esters is 1. The Morgan fingerprint density at radius 2 is 2.03 bits per heavy atom. The first-order chi connectivity index (χ1) is 15.1. The Bertz CT molecular complexity index is 1010. The Balaban J connectivity index is 1.27. The number of rotatable bonds is 7. The number of ether oxygens (including phenoxy) is 1. The fraction of sp³-hybridized carbons (Fsp3) is 0.381. The fourth-order valence-electron chi connectivity index (χ4n) is 3.43. The molecule has 0 bridgehead atoms. The number of aromatic nitrogens is 3. The molecule has 31 heavy (non-hydrogen) atoms. The van der Waals surface area contributed by atoms with E-state index >= 15 is 0 Å². The van der Waals surface area contributed by atoms with Gasteiger partial charge in [-0.15, -0.1) is 32.9 Å². The van der Waals surface area contributed by atoms with Gasteiger partial charge in [-0.2, -0.15) is 0 Å². The average Bonchev–Trinajstić information content (AvgIpc) is 3.47. The molecular formula is C21H23N5O3S2. The number of nitrogens with zero attached hydrogens (tertiary/aromatic N) is 4. The van der Waals surface area contributed by atoms with Gasteiger partial charge in [-0.05, 0) is 43.3 Å². The number of carbonyl (C=O) groups excluding carboxylic acids is 2. The molecule has 0 spiro atoms. The van der Waals surface area contributed by atoms with E-state index in [1.807, 2.05) is 29.6 Å². The SMILES string of the molecule is CCOC(=O)Cc1csc(NC(=O)C2CCN(c3ccc(-c4cccs4)nn3)CC2)n1. The van der Waals surface area contributed by atoms with Crippen LogP contribution in [0.2, 0.25) is 0 Å². The molecule has 3 aromatic rings. The molecule has 4 heterocycles. The van der Waals surface area contributed by atoms with Gasteiger partial charge in [-0.25, -0.2) is 4.98 Å². The smallest absolute Gasteiger partial charge is 0.311 e. The molecule has 0 radical (unpaired) electrons. The summed E-state index contributed by atoms with van der Waals surface area (Å²) in [5, 5.41) is 15.9. The van der Waals surface area contributed by atoms with E-state index in [1.165, 1.54) is 11.3 Å². The summed E-state index contributed by atoms with van der Waals surface area (Å²) in [5.74, 6) is 0.412. The zero-order valence-electron chi connectivity index (χ0n) is 17.1. The minimum Gasteiger partial charge on any atom is -0.466 e. The molecule has 1 saturated heterocycles. The van der Waals surface area contributed by atoms with Crippen LogP contribution < -0.4 is 10.2 Å². The summed E-state index contributed by atoms with van der Waals surface area (Å²) < 4.78 is 4.93. The van der Waals surface area contributed by atoms with Gasteiger partial charge in [0.15, 0.2) is 10.9 Å². The van der Waals surface area contributed by atoms with Crippen molar-refractivity contribution in [3.05, 3.63) is 40.7 Å². The van der Waals surface area contributed by atoms with E-state index in [0.29, 0.717) is 17.4 Å². The molecule has 0 aromatic carbocycles. The van der Waals surface area contributed by atoms with Gasteiger partial charge < -0.3 is 15.0 Å².